The molecular weight excluding hydrogens is 216 g/mol. The number of hydrogen-bond acceptors (Lipinski definition) is 0. The molecule has 2 saturated carbocycles. The van der Waals surface area contributed by atoms with Crippen molar-refractivity contribution in [3.05, 3.63) is 0 Å². The molecule has 2 rings (SSSR count). The van der Waals surface area contributed by atoms with Gasteiger partial charge in [-0.2, -0.15) is 0 Å². The second-order valence-electron chi connectivity index (χ2n) is 8.66. The molecule has 0 aliphatic heterocycles. The Hall–Kier alpha value is 0. The maximum absolute atomic E-state index is 2.48. The van der Waals surface area contributed by atoms with Crippen molar-refractivity contribution in [3.8, 4) is 0 Å². The first-order valence-electron chi connectivity index (χ1n) is 8.36. The molecule has 0 heteroatoms. The standard InChI is InChI=1S/C18H34/c1-13-10-14(2)12-16(11-13)15-6-8-17(9-7-15)18(3,4)5/h13-17H,6-12H2,1-5H3. The van der Waals surface area contributed by atoms with Crippen molar-refractivity contribution in [2.24, 2.45) is 35.0 Å². The first-order valence-corrected chi connectivity index (χ1v) is 8.36. The van der Waals surface area contributed by atoms with Crippen LogP contribution in [0.4, 0.5) is 0 Å². The summed E-state index contributed by atoms with van der Waals surface area (Å²) in [6, 6.07) is 0. The molecule has 0 heterocycles. The van der Waals surface area contributed by atoms with Crippen LogP contribution in [-0.4, -0.2) is 0 Å². The maximum atomic E-state index is 2.48. The van der Waals surface area contributed by atoms with Gasteiger partial charge in [0.15, 0.2) is 0 Å². The molecular formula is C18H34. The Morgan fingerprint density at radius 2 is 1.17 bits per heavy atom. The van der Waals surface area contributed by atoms with Crippen LogP contribution in [0.15, 0.2) is 0 Å². The van der Waals surface area contributed by atoms with Crippen LogP contribution in [0.5, 0.6) is 0 Å². The molecule has 2 fully saturated rings. The summed E-state index contributed by atoms with van der Waals surface area (Å²) in [6.07, 6.45) is 10.6. The van der Waals surface area contributed by atoms with Gasteiger partial charge in [-0.25, -0.2) is 0 Å². The Morgan fingerprint density at radius 1 is 0.667 bits per heavy atom. The average molecular weight is 250 g/mol. The second-order valence-corrected chi connectivity index (χ2v) is 8.66. The van der Waals surface area contributed by atoms with Gasteiger partial charge in [0.05, 0.1) is 0 Å². The Bertz CT molecular complexity index is 242. The van der Waals surface area contributed by atoms with E-state index in [1.165, 1.54) is 44.9 Å². The van der Waals surface area contributed by atoms with Gasteiger partial charge < -0.3 is 0 Å². The lowest BCUT2D eigenvalue weighted by Crippen LogP contribution is -2.31. The average Bonchev–Trinajstić information content (AvgIpc) is 2.27. The molecule has 2 aliphatic rings. The van der Waals surface area contributed by atoms with E-state index in [0.29, 0.717) is 5.41 Å². The molecule has 2 unspecified atom stereocenters. The van der Waals surface area contributed by atoms with E-state index >= 15 is 0 Å². The summed E-state index contributed by atoms with van der Waals surface area (Å²) >= 11 is 0. The third kappa shape index (κ3) is 3.52. The van der Waals surface area contributed by atoms with Crippen LogP contribution in [-0.2, 0) is 0 Å². The highest BCUT2D eigenvalue weighted by Gasteiger charge is 2.35. The van der Waals surface area contributed by atoms with Crippen LogP contribution >= 0.6 is 0 Å². The quantitative estimate of drug-likeness (QED) is 0.542. The zero-order chi connectivity index (χ0) is 13.3. The smallest absolute Gasteiger partial charge is 0.0354 e. The highest BCUT2D eigenvalue weighted by molar-refractivity contribution is 4.86. The summed E-state index contributed by atoms with van der Waals surface area (Å²) < 4.78 is 0. The molecule has 18 heavy (non-hydrogen) atoms. The van der Waals surface area contributed by atoms with Gasteiger partial charge in [0, 0.05) is 0 Å². The third-order valence-electron chi connectivity index (χ3n) is 5.88. The molecule has 0 amide bonds. The molecule has 0 saturated heterocycles. The number of hydrogen-bond donors (Lipinski definition) is 0. The summed E-state index contributed by atoms with van der Waals surface area (Å²) in [7, 11) is 0. The Labute approximate surface area is 115 Å². The second kappa shape index (κ2) is 5.55. The van der Waals surface area contributed by atoms with Gasteiger partial charge in [-0.3, -0.25) is 0 Å². The Morgan fingerprint density at radius 3 is 1.61 bits per heavy atom. The van der Waals surface area contributed by atoms with Gasteiger partial charge >= 0.3 is 0 Å². The number of rotatable bonds is 1. The topological polar surface area (TPSA) is 0 Å². The largest absolute Gasteiger partial charge is 0.0625 e. The molecule has 2 atom stereocenters. The van der Waals surface area contributed by atoms with E-state index < -0.39 is 0 Å². The van der Waals surface area contributed by atoms with E-state index in [9.17, 15) is 0 Å². The summed E-state index contributed by atoms with van der Waals surface area (Å²) in [5, 5.41) is 0. The minimum atomic E-state index is 0.540. The predicted molar refractivity (Wildman–Crippen MR) is 80.6 cm³/mol. The van der Waals surface area contributed by atoms with Crippen molar-refractivity contribution in [2.75, 3.05) is 0 Å². The van der Waals surface area contributed by atoms with Crippen LogP contribution in [0.3, 0.4) is 0 Å². The van der Waals surface area contributed by atoms with Crippen molar-refractivity contribution in [3.63, 3.8) is 0 Å². The normalized spacial score (nSPS) is 42.8. The zero-order valence-corrected chi connectivity index (χ0v) is 13.3. The highest BCUT2D eigenvalue weighted by atomic mass is 14.4. The molecule has 0 aromatic rings. The minimum Gasteiger partial charge on any atom is -0.0625 e. The summed E-state index contributed by atoms with van der Waals surface area (Å²) in [6.45, 7) is 12.3. The molecule has 0 bridgehead atoms. The van der Waals surface area contributed by atoms with Crippen LogP contribution < -0.4 is 0 Å². The van der Waals surface area contributed by atoms with E-state index in [-0.39, 0.29) is 0 Å². The van der Waals surface area contributed by atoms with Gasteiger partial charge in [0.2, 0.25) is 0 Å². The zero-order valence-electron chi connectivity index (χ0n) is 13.3. The lowest BCUT2D eigenvalue weighted by molar-refractivity contribution is 0.0859. The molecule has 2 aliphatic carbocycles. The fourth-order valence-electron chi connectivity index (χ4n) is 4.85. The van der Waals surface area contributed by atoms with Gasteiger partial charge in [-0.1, -0.05) is 34.6 Å². The summed E-state index contributed by atoms with van der Waals surface area (Å²) in [5.41, 5.74) is 0.540. The fraction of sp³-hybridized carbons (Fsp3) is 1.00. The first kappa shape index (κ1) is 14.4. The fourth-order valence-corrected chi connectivity index (χ4v) is 4.85. The molecule has 0 aromatic carbocycles. The van der Waals surface area contributed by atoms with Crippen molar-refractivity contribution in [2.45, 2.75) is 79.6 Å². The van der Waals surface area contributed by atoms with E-state index in [4.69, 9.17) is 0 Å². The van der Waals surface area contributed by atoms with Crippen molar-refractivity contribution < 1.29 is 0 Å². The van der Waals surface area contributed by atoms with Crippen LogP contribution in [0.2, 0.25) is 0 Å². The minimum absolute atomic E-state index is 0.540. The molecule has 0 aromatic heterocycles. The monoisotopic (exact) mass is 250 g/mol. The van der Waals surface area contributed by atoms with E-state index in [1.54, 1.807) is 0 Å². The van der Waals surface area contributed by atoms with Gasteiger partial charge in [-0.15, -0.1) is 0 Å². The highest BCUT2D eigenvalue weighted by Crippen LogP contribution is 2.46. The summed E-state index contributed by atoms with van der Waals surface area (Å²) in [4.78, 5) is 0. The Kier molecular flexibility index (Phi) is 4.44. The van der Waals surface area contributed by atoms with Crippen LogP contribution in [0.1, 0.15) is 79.6 Å². The van der Waals surface area contributed by atoms with Crippen LogP contribution in [0.25, 0.3) is 0 Å². The van der Waals surface area contributed by atoms with Gasteiger partial charge in [-0.05, 0) is 80.0 Å². The van der Waals surface area contributed by atoms with Gasteiger partial charge in [0.1, 0.15) is 0 Å². The van der Waals surface area contributed by atoms with E-state index in [1.807, 2.05) is 0 Å². The van der Waals surface area contributed by atoms with Crippen molar-refractivity contribution in [1.82, 2.24) is 0 Å². The predicted octanol–water partition coefficient (Wildman–Crippen LogP) is 5.91. The molecule has 106 valence electrons. The third-order valence-corrected chi connectivity index (χ3v) is 5.88. The Balaban J connectivity index is 1.86. The SMILES string of the molecule is CC1CC(C)CC(C2CCC(C(C)(C)C)CC2)C1. The molecule has 0 radical (unpaired) electrons. The lowest BCUT2D eigenvalue weighted by Gasteiger charge is -2.42. The van der Waals surface area contributed by atoms with Crippen molar-refractivity contribution in [1.29, 1.82) is 0 Å². The van der Waals surface area contributed by atoms with E-state index in [0.717, 1.165) is 29.6 Å². The van der Waals surface area contributed by atoms with E-state index in [2.05, 4.69) is 34.6 Å². The maximum Gasteiger partial charge on any atom is -0.0354 e. The molecule has 0 nitrogen and oxygen atoms in total. The van der Waals surface area contributed by atoms with Crippen LogP contribution in [0, 0.1) is 35.0 Å². The summed E-state index contributed by atoms with van der Waals surface area (Å²) in [5.74, 6) is 5.07. The molecule has 0 spiro atoms. The van der Waals surface area contributed by atoms with Gasteiger partial charge in [0.25, 0.3) is 0 Å². The first-order chi connectivity index (χ1) is 8.36. The molecule has 0 N–H and O–H groups in total. The van der Waals surface area contributed by atoms with Crippen molar-refractivity contribution >= 4 is 0 Å². The lowest BCUT2D eigenvalue weighted by atomic mass is 9.63.